The Morgan fingerprint density at radius 3 is 1.54 bits per heavy atom. The number of unbranched alkanes of at least 4 members (excludes halogenated alkanes) is 16. The normalized spacial score (nSPS) is 10.8. The highest BCUT2D eigenvalue weighted by atomic mass is 16.4. The third-order valence-corrected chi connectivity index (χ3v) is 6.79. The van der Waals surface area contributed by atoms with Crippen LogP contribution in [0, 0.1) is 0 Å². The lowest BCUT2D eigenvalue weighted by molar-refractivity contribution is -0.137. The maximum absolute atomic E-state index is 12.2. The standard InChI is InChI=1S/C31H52N2O4/c1-2-3-4-5-6-7-8-9-10-11-12-13-14-15-16-17-18-20-29(34)33-28-24-22-27(23-25-28)31(37)32-26-19-21-30(35)36/h22-25H,2-21,26H2,1H3,(H,32,37)(H,33,34)(H,35,36). The van der Waals surface area contributed by atoms with Crippen molar-refractivity contribution < 1.29 is 19.5 Å². The molecule has 1 aromatic rings. The van der Waals surface area contributed by atoms with Crippen LogP contribution in [0.4, 0.5) is 5.69 Å². The number of nitrogens with one attached hydrogen (secondary N) is 2. The SMILES string of the molecule is CCCCCCCCCCCCCCCCCCCC(=O)Nc1ccc(C(=O)NCCCC(=O)O)cc1. The monoisotopic (exact) mass is 516 g/mol. The molecule has 6 nitrogen and oxygen atoms in total. The molecule has 0 aliphatic carbocycles. The fraction of sp³-hybridized carbons (Fsp3) is 0.710. The first kappa shape index (κ1) is 32.7. The van der Waals surface area contributed by atoms with Crippen LogP contribution in [0.2, 0.25) is 0 Å². The summed E-state index contributed by atoms with van der Waals surface area (Å²) >= 11 is 0. The van der Waals surface area contributed by atoms with Crippen molar-refractivity contribution in [2.45, 2.75) is 135 Å². The van der Waals surface area contributed by atoms with Crippen molar-refractivity contribution in [2.24, 2.45) is 0 Å². The Morgan fingerprint density at radius 2 is 1.08 bits per heavy atom. The zero-order valence-electron chi connectivity index (χ0n) is 23.3. The molecule has 37 heavy (non-hydrogen) atoms. The van der Waals surface area contributed by atoms with E-state index >= 15 is 0 Å². The van der Waals surface area contributed by atoms with Crippen molar-refractivity contribution in [3.05, 3.63) is 29.8 Å². The predicted molar refractivity (Wildman–Crippen MR) is 153 cm³/mol. The van der Waals surface area contributed by atoms with Gasteiger partial charge in [-0.1, -0.05) is 110 Å². The maximum atomic E-state index is 12.2. The van der Waals surface area contributed by atoms with Crippen LogP contribution in [-0.2, 0) is 9.59 Å². The maximum Gasteiger partial charge on any atom is 0.303 e. The Bertz CT molecular complexity index is 733. The van der Waals surface area contributed by atoms with Gasteiger partial charge in [-0.3, -0.25) is 14.4 Å². The molecule has 0 unspecified atom stereocenters. The Balaban J connectivity index is 1.95. The van der Waals surface area contributed by atoms with Gasteiger partial charge in [-0.05, 0) is 37.1 Å². The van der Waals surface area contributed by atoms with Crippen LogP contribution in [0.15, 0.2) is 24.3 Å². The molecule has 0 atom stereocenters. The second-order valence-corrected chi connectivity index (χ2v) is 10.3. The van der Waals surface area contributed by atoms with Gasteiger partial charge in [0.05, 0.1) is 0 Å². The average Bonchev–Trinajstić information content (AvgIpc) is 2.88. The number of aliphatic carboxylic acids is 1. The number of carbonyl (C=O) groups excluding carboxylic acids is 2. The molecule has 0 aliphatic heterocycles. The van der Waals surface area contributed by atoms with E-state index in [1.807, 2.05) is 0 Å². The summed E-state index contributed by atoms with van der Waals surface area (Å²) in [5.74, 6) is -1.11. The molecular formula is C31H52N2O4. The highest BCUT2D eigenvalue weighted by molar-refractivity contribution is 5.95. The average molecular weight is 517 g/mol. The molecule has 0 spiro atoms. The molecule has 2 amide bonds. The second kappa shape index (κ2) is 22.8. The molecule has 0 aliphatic rings. The van der Waals surface area contributed by atoms with Gasteiger partial charge in [-0.25, -0.2) is 0 Å². The fourth-order valence-electron chi connectivity index (χ4n) is 4.48. The van der Waals surface area contributed by atoms with Crippen LogP contribution >= 0.6 is 0 Å². The first-order valence-electron chi connectivity index (χ1n) is 14.9. The highest BCUT2D eigenvalue weighted by Gasteiger charge is 2.07. The van der Waals surface area contributed by atoms with E-state index in [0.29, 0.717) is 30.6 Å². The summed E-state index contributed by atoms with van der Waals surface area (Å²) in [4.78, 5) is 34.7. The Labute approximate surface area is 225 Å². The van der Waals surface area contributed by atoms with Crippen molar-refractivity contribution in [1.82, 2.24) is 5.32 Å². The molecule has 1 rings (SSSR count). The van der Waals surface area contributed by atoms with Gasteiger partial charge < -0.3 is 15.7 Å². The zero-order chi connectivity index (χ0) is 27.0. The van der Waals surface area contributed by atoms with Gasteiger partial charge in [0.1, 0.15) is 0 Å². The van der Waals surface area contributed by atoms with Crippen molar-refractivity contribution in [3.8, 4) is 0 Å². The summed E-state index contributed by atoms with van der Waals surface area (Å²) in [7, 11) is 0. The number of rotatable bonds is 24. The number of anilines is 1. The topological polar surface area (TPSA) is 95.5 Å². The molecule has 0 fully saturated rings. The molecule has 6 heteroatoms. The number of benzene rings is 1. The third-order valence-electron chi connectivity index (χ3n) is 6.79. The van der Waals surface area contributed by atoms with Crippen molar-refractivity contribution in [1.29, 1.82) is 0 Å². The lowest BCUT2D eigenvalue weighted by Gasteiger charge is -2.08. The van der Waals surface area contributed by atoms with E-state index in [-0.39, 0.29) is 18.2 Å². The number of carboxylic acids is 1. The Kier molecular flexibility index (Phi) is 20.1. The Hall–Kier alpha value is -2.37. The van der Waals surface area contributed by atoms with Crippen molar-refractivity contribution >= 4 is 23.5 Å². The number of carbonyl (C=O) groups is 3. The van der Waals surface area contributed by atoms with Gasteiger partial charge in [-0.15, -0.1) is 0 Å². The minimum Gasteiger partial charge on any atom is -0.481 e. The Morgan fingerprint density at radius 1 is 0.622 bits per heavy atom. The summed E-state index contributed by atoms with van der Waals surface area (Å²) in [6.45, 7) is 2.60. The van der Waals surface area contributed by atoms with Crippen LogP contribution < -0.4 is 10.6 Å². The number of carboxylic acid groups (broad SMARTS) is 1. The number of amides is 2. The van der Waals surface area contributed by atoms with Crippen LogP contribution in [-0.4, -0.2) is 29.4 Å². The predicted octanol–water partition coefficient (Wildman–Crippen LogP) is 8.26. The van der Waals surface area contributed by atoms with Gasteiger partial charge in [0.2, 0.25) is 5.91 Å². The molecule has 0 saturated heterocycles. The molecule has 0 heterocycles. The summed E-state index contributed by atoms with van der Waals surface area (Å²) < 4.78 is 0. The highest BCUT2D eigenvalue weighted by Crippen LogP contribution is 2.15. The van der Waals surface area contributed by atoms with E-state index in [4.69, 9.17) is 5.11 Å². The molecule has 210 valence electrons. The first-order chi connectivity index (χ1) is 18.0. The lowest BCUT2D eigenvalue weighted by atomic mass is 10.0. The minimum atomic E-state index is -0.871. The van der Waals surface area contributed by atoms with Gasteiger partial charge >= 0.3 is 5.97 Å². The van der Waals surface area contributed by atoms with Gasteiger partial charge in [0, 0.05) is 30.6 Å². The summed E-state index contributed by atoms with van der Waals surface area (Å²) in [6, 6.07) is 6.77. The molecule has 0 aromatic heterocycles. The fourth-order valence-corrected chi connectivity index (χ4v) is 4.48. The van der Waals surface area contributed by atoms with E-state index in [1.165, 1.54) is 96.3 Å². The largest absolute Gasteiger partial charge is 0.481 e. The molecule has 1 aromatic carbocycles. The molecule has 0 saturated carbocycles. The first-order valence-corrected chi connectivity index (χ1v) is 14.9. The van der Waals surface area contributed by atoms with E-state index in [1.54, 1.807) is 24.3 Å². The quantitative estimate of drug-likeness (QED) is 0.120. The van der Waals surface area contributed by atoms with Gasteiger partial charge in [0.25, 0.3) is 5.91 Å². The van der Waals surface area contributed by atoms with E-state index in [0.717, 1.165) is 12.8 Å². The van der Waals surface area contributed by atoms with Crippen LogP contribution in [0.1, 0.15) is 146 Å². The summed E-state index contributed by atoms with van der Waals surface area (Å²) in [5, 5.41) is 14.2. The lowest BCUT2D eigenvalue weighted by Crippen LogP contribution is -2.24. The van der Waals surface area contributed by atoms with E-state index in [9.17, 15) is 14.4 Å². The van der Waals surface area contributed by atoms with Gasteiger partial charge in [-0.2, -0.15) is 0 Å². The minimum absolute atomic E-state index is 0.00633. The van der Waals surface area contributed by atoms with E-state index < -0.39 is 5.97 Å². The van der Waals surface area contributed by atoms with Gasteiger partial charge in [0.15, 0.2) is 0 Å². The second-order valence-electron chi connectivity index (χ2n) is 10.3. The molecular weight excluding hydrogens is 464 g/mol. The van der Waals surface area contributed by atoms with Crippen molar-refractivity contribution in [2.75, 3.05) is 11.9 Å². The van der Waals surface area contributed by atoms with Crippen molar-refractivity contribution in [3.63, 3.8) is 0 Å². The third kappa shape index (κ3) is 19.4. The van der Waals surface area contributed by atoms with Crippen LogP contribution in [0.25, 0.3) is 0 Å². The molecule has 3 N–H and O–H groups in total. The summed E-state index contributed by atoms with van der Waals surface area (Å²) in [5.41, 5.74) is 1.17. The number of hydrogen-bond donors (Lipinski definition) is 3. The van der Waals surface area contributed by atoms with Crippen LogP contribution in [0.5, 0.6) is 0 Å². The molecule has 0 bridgehead atoms. The van der Waals surface area contributed by atoms with E-state index in [2.05, 4.69) is 17.6 Å². The smallest absolute Gasteiger partial charge is 0.303 e. The van der Waals surface area contributed by atoms with Crippen LogP contribution in [0.3, 0.4) is 0 Å². The number of hydrogen-bond acceptors (Lipinski definition) is 3. The zero-order valence-corrected chi connectivity index (χ0v) is 23.3. The summed E-state index contributed by atoms with van der Waals surface area (Å²) in [6.07, 6.45) is 23.4. The molecule has 0 radical (unpaired) electrons.